The molecule has 2 N–H and O–H groups in total. The molecule has 1 heterocycles. The lowest BCUT2D eigenvalue weighted by atomic mass is 9.86. The Labute approximate surface area is 177 Å². The molecule has 1 aliphatic rings. The van der Waals surface area contributed by atoms with Gasteiger partial charge in [-0.05, 0) is 29.5 Å². The molecule has 1 fully saturated rings. The summed E-state index contributed by atoms with van der Waals surface area (Å²) in [6.45, 7) is 9.15. The maximum Gasteiger partial charge on any atom is 0.416 e. The van der Waals surface area contributed by atoms with Crippen LogP contribution in [-0.4, -0.2) is 47.9 Å². The lowest BCUT2D eigenvalue weighted by Gasteiger charge is -2.31. The van der Waals surface area contributed by atoms with Crippen molar-refractivity contribution in [3.63, 3.8) is 0 Å². The summed E-state index contributed by atoms with van der Waals surface area (Å²) < 4.78 is 37.9. The second kappa shape index (κ2) is 10.7. The average molecular weight is 444 g/mol. The van der Waals surface area contributed by atoms with Gasteiger partial charge in [-0.3, -0.25) is 9.69 Å². The first-order valence-electron chi connectivity index (χ1n) is 8.91. The third kappa shape index (κ3) is 7.43. The molecule has 9 heteroatoms. The third-order valence-electron chi connectivity index (χ3n) is 4.79. The van der Waals surface area contributed by atoms with Gasteiger partial charge < -0.3 is 10.6 Å². The highest BCUT2D eigenvalue weighted by Gasteiger charge is 2.32. The van der Waals surface area contributed by atoms with Crippen LogP contribution in [0.5, 0.6) is 0 Å². The van der Waals surface area contributed by atoms with Crippen molar-refractivity contribution < 1.29 is 18.0 Å². The number of carbonyl (C=O) groups excluding carboxylic acids is 1. The van der Waals surface area contributed by atoms with Gasteiger partial charge in [0.25, 0.3) is 0 Å². The lowest BCUT2D eigenvalue weighted by Crippen LogP contribution is -2.51. The van der Waals surface area contributed by atoms with Crippen LogP contribution in [0.25, 0.3) is 0 Å². The van der Waals surface area contributed by atoms with Crippen LogP contribution in [0.3, 0.4) is 0 Å². The van der Waals surface area contributed by atoms with Crippen LogP contribution in [0.1, 0.15) is 38.3 Å². The predicted octanol–water partition coefficient (Wildman–Crippen LogP) is 3.96. The molecule has 162 valence electrons. The maximum atomic E-state index is 12.6. The fourth-order valence-corrected chi connectivity index (χ4v) is 2.97. The molecule has 1 saturated heterocycles. The second-order valence-corrected chi connectivity index (χ2v) is 7.99. The minimum absolute atomic E-state index is 0. The van der Waals surface area contributed by atoms with Crippen LogP contribution in [0.2, 0.25) is 0 Å². The van der Waals surface area contributed by atoms with Gasteiger partial charge in [-0.15, -0.1) is 24.8 Å². The van der Waals surface area contributed by atoms with Gasteiger partial charge in [0.15, 0.2) is 0 Å². The maximum absolute atomic E-state index is 12.6. The molecule has 4 nitrogen and oxygen atoms in total. The number of hydrogen-bond acceptors (Lipinski definition) is 3. The number of carbonyl (C=O) groups is 1. The number of nitrogens with zero attached hydrogens (tertiary/aromatic N) is 2. The highest BCUT2D eigenvalue weighted by molar-refractivity contribution is 5.85. The summed E-state index contributed by atoms with van der Waals surface area (Å²) in [5, 5.41) is 0. The SMILES string of the molecule is CC(C)(C)[C@H](N)C(=O)N1CCCN(Cc2ccc(C(F)(F)F)cc2)CC1.Cl.Cl. The van der Waals surface area contributed by atoms with E-state index in [9.17, 15) is 18.0 Å². The van der Waals surface area contributed by atoms with Crippen LogP contribution in [0.4, 0.5) is 13.2 Å². The minimum atomic E-state index is -4.31. The standard InChI is InChI=1S/C19H28F3N3O.2ClH/c1-18(2,3)16(23)17(26)25-10-4-9-24(11-12-25)13-14-5-7-15(8-6-14)19(20,21)22;;/h5-8,16H,4,9-13,23H2,1-3H3;2*1H/t16-;;/m1../s1. The van der Waals surface area contributed by atoms with E-state index in [1.165, 1.54) is 12.1 Å². The molecule has 1 amide bonds. The monoisotopic (exact) mass is 443 g/mol. The molecule has 28 heavy (non-hydrogen) atoms. The van der Waals surface area contributed by atoms with Gasteiger partial charge in [0.05, 0.1) is 11.6 Å². The van der Waals surface area contributed by atoms with E-state index in [0.29, 0.717) is 26.2 Å². The molecule has 2 rings (SSSR count). The largest absolute Gasteiger partial charge is 0.416 e. The molecule has 0 radical (unpaired) electrons. The van der Waals surface area contributed by atoms with Crippen LogP contribution in [-0.2, 0) is 17.5 Å². The van der Waals surface area contributed by atoms with E-state index in [2.05, 4.69) is 4.90 Å². The molecule has 1 aromatic rings. The molecule has 0 spiro atoms. The van der Waals surface area contributed by atoms with Crippen LogP contribution < -0.4 is 5.73 Å². The van der Waals surface area contributed by atoms with Crippen molar-refractivity contribution in [2.75, 3.05) is 26.2 Å². The highest BCUT2D eigenvalue weighted by atomic mass is 35.5. The summed E-state index contributed by atoms with van der Waals surface area (Å²) in [6, 6.07) is 4.73. The van der Waals surface area contributed by atoms with Gasteiger partial charge in [-0.25, -0.2) is 0 Å². The summed E-state index contributed by atoms with van der Waals surface area (Å²) in [4.78, 5) is 16.5. The molecule has 1 aliphatic heterocycles. The Bertz CT molecular complexity index is 618. The van der Waals surface area contributed by atoms with E-state index in [4.69, 9.17) is 5.73 Å². The number of alkyl halides is 3. The first-order chi connectivity index (χ1) is 12.0. The number of rotatable bonds is 3. The van der Waals surface area contributed by atoms with Crippen LogP contribution in [0, 0.1) is 5.41 Å². The van der Waals surface area contributed by atoms with E-state index in [1.807, 2.05) is 25.7 Å². The van der Waals surface area contributed by atoms with Crippen LogP contribution in [0.15, 0.2) is 24.3 Å². The topological polar surface area (TPSA) is 49.6 Å². The van der Waals surface area contributed by atoms with Gasteiger partial charge in [-0.1, -0.05) is 32.9 Å². The van der Waals surface area contributed by atoms with Gasteiger partial charge in [0, 0.05) is 32.7 Å². The first kappa shape index (κ1) is 27.0. The minimum Gasteiger partial charge on any atom is -0.340 e. The zero-order valence-corrected chi connectivity index (χ0v) is 18.1. The third-order valence-corrected chi connectivity index (χ3v) is 4.79. The Morgan fingerprint density at radius 1 is 1.04 bits per heavy atom. The van der Waals surface area contributed by atoms with Gasteiger partial charge >= 0.3 is 6.18 Å². The molecule has 0 saturated carbocycles. The number of hydrogen-bond donors (Lipinski definition) is 1. The Morgan fingerprint density at radius 3 is 2.11 bits per heavy atom. The molecular formula is C19H30Cl2F3N3O. The van der Waals surface area contributed by atoms with E-state index in [0.717, 1.165) is 30.7 Å². The van der Waals surface area contributed by atoms with Crippen molar-refractivity contribution in [3.05, 3.63) is 35.4 Å². The number of benzene rings is 1. The Morgan fingerprint density at radius 2 is 1.61 bits per heavy atom. The summed E-state index contributed by atoms with van der Waals surface area (Å²) in [7, 11) is 0. The Kier molecular flexibility index (Phi) is 10.3. The van der Waals surface area contributed by atoms with Crippen molar-refractivity contribution in [1.29, 1.82) is 0 Å². The van der Waals surface area contributed by atoms with E-state index in [1.54, 1.807) is 0 Å². The average Bonchev–Trinajstić information content (AvgIpc) is 2.78. The summed E-state index contributed by atoms with van der Waals surface area (Å²) in [5.41, 5.74) is 6.00. The van der Waals surface area contributed by atoms with Gasteiger partial charge in [0.2, 0.25) is 5.91 Å². The fourth-order valence-electron chi connectivity index (χ4n) is 2.97. The smallest absolute Gasteiger partial charge is 0.340 e. The van der Waals surface area contributed by atoms with E-state index < -0.39 is 17.8 Å². The summed E-state index contributed by atoms with van der Waals surface area (Å²) in [6.07, 6.45) is -3.49. The van der Waals surface area contributed by atoms with Crippen molar-refractivity contribution in [2.45, 2.75) is 46.0 Å². The Balaban J connectivity index is 0.00000364. The summed E-state index contributed by atoms with van der Waals surface area (Å²) >= 11 is 0. The van der Waals surface area contributed by atoms with E-state index >= 15 is 0 Å². The number of amides is 1. The number of nitrogens with two attached hydrogens (primary N) is 1. The zero-order valence-electron chi connectivity index (χ0n) is 16.5. The Hall–Kier alpha value is -1.02. The molecule has 0 aliphatic carbocycles. The quantitative estimate of drug-likeness (QED) is 0.768. The second-order valence-electron chi connectivity index (χ2n) is 7.99. The molecular weight excluding hydrogens is 414 g/mol. The summed E-state index contributed by atoms with van der Waals surface area (Å²) in [5.74, 6) is -0.0334. The highest BCUT2D eigenvalue weighted by Crippen LogP contribution is 2.29. The van der Waals surface area contributed by atoms with Gasteiger partial charge in [0.1, 0.15) is 0 Å². The van der Waals surface area contributed by atoms with Crippen molar-refractivity contribution in [3.8, 4) is 0 Å². The molecule has 1 atom stereocenters. The van der Waals surface area contributed by atoms with E-state index in [-0.39, 0.29) is 36.1 Å². The zero-order chi connectivity index (χ0) is 19.5. The van der Waals surface area contributed by atoms with Crippen molar-refractivity contribution in [2.24, 2.45) is 11.1 Å². The normalized spacial score (nSPS) is 17.2. The molecule has 0 aromatic heterocycles. The lowest BCUT2D eigenvalue weighted by molar-refractivity contribution is -0.137. The first-order valence-corrected chi connectivity index (χ1v) is 8.91. The molecule has 1 aromatic carbocycles. The number of halogens is 5. The van der Waals surface area contributed by atoms with Crippen LogP contribution >= 0.6 is 24.8 Å². The predicted molar refractivity (Wildman–Crippen MR) is 110 cm³/mol. The van der Waals surface area contributed by atoms with Crippen molar-refractivity contribution >= 4 is 30.7 Å². The van der Waals surface area contributed by atoms with Crippen molar-refractivity contribution in [1.82, 2.24) is 9.80 Å². The molecule has 0 unspecified atom stereocenters. The fraction of sp³-hybridized carbons (Fsp3) is 0.632. The van der Waals surface area contributed by atoms with Gasteiger partial charge in [-0.2, -0.15) is 13.2 Å². The molecule has 0 bridgehead atoms.